The second-order valence-electron chi connectivity index (χ2n) is 6.30. The maximum absolute atomic E-state index is 12.4. The molecule has 5 heteroatoms. The van der Waals surface area contributed by atoms with E-state index < -0.39 is 5.97 Å². The number of nitrogens with one attached hydrogen (secondary N) is 1. The zero-order valence-electron chi connectivity index (χ0n) is 12.5. The molecule has 1 aromatic heterocycles. The molecule has 1 fully saturated rings. The summed E-state index contributed by atoms with van der Waals surface area (Å²) in [6.07, 6.45) is 3.06. The molecule has 0 aliphatic heterocycles. The zero-order valence-corrected chi connectivity index (χ0v) is 13.4. The molecule has 2 aliphatic carbocycles. The summed E-state index contributed by atoms with van der Waals surface area (Å²) in [4.78, 5) is 25.2. The quantitative estimate of drug-likeness (QED) is 0.910. The molecule has 0 spiro atoms. The lowest BCUT2D eigenvalue weighted by atomic mass is 9.80. The lowest BCUT2D eigenvalue weighted by Gasteiger charge is -2.32. The van der Waals surface area contributed by atoms with Crippen LogP contribution in [0.5, 0.6) is 0 Å². The topological polar surface area (TPSA) is 66.4 Å². The second-order valence-corrected chi connectivity index (χ2v) is 7.35. The first-order chi connectivity index (χ1) is 11.1. The number of benzene rings is 1. The van der Waals surface area contributed by atoms with Gasteiger partial charge in [0.1, 0.15) is 0 Å². The van der Waals surface area contributed by atoms with Gasteiger partial charge < -0.3 is 10.4 Å². The first kappa shape index (κ1) is 14.5. The number of hydrogen-bond acceptors (Lipinski definition) is 3. The summed E-state index contributed by atoms with van der Waals surface area (Å²) in [6.45, 7) is 0. The molecule has 1 heterocycles. The lowest BCUT2D eigenvalue weighted by molar-refractivity contribution is -0.145. The van der Waals surface area contributed by atoms with Crippen LogP contribution in [0, 0.1) is 5.92 Å². The Hall–Kier alpha value is -2.14. The fourth-order valence-electron chi connectivity index (χ4n) is 3.38. The van der Waals surface area contributed by atoms with E-state index >= 15 is 0 Å². The van der Waals surface area contributed by atoms with E-state index in [4.69, 9.17) is 5.11 Å². The van der Waals surface area contributed by atoms with E-state index in [1.807, 2.05) is 12.1 Å². The second kappa shape index (κ2) is 5.49. The van der Waals surface area contributed by atoms with Crippen molar-refractivity contribution in [1.82, 2.24) is 5.32 Å². The Kier molecular flexibility index (Phi) is 3.45. The molecule has 0 unspecified atom stereocenters. The van der Waals surface area contributed by atoms with E-state index in [0.29, 0.717) is 12.8 Å². The highest BCUT2D eigenvalue weighted by Gasteiger charge is 2.35. The van der Waals surface area contributed by atoms with Crippen LogP contribution in [0.15, 0.2) is 30.3 Å². The maximum Gasteiger partial charge on any atom is 0.306 e. The molecule has 1 aromatic carbocycles. The van der Waals surface area contributed by atoms with E-state index in [-0.39, 0.29) is 17.9 Å². The van der Waals surface area contributed by atoms with Gasteiger partial charge in [-0.2, -0.15) is 0 Å². The Bertz CT molecular complexity index is 789. The summed E-state index contributed by atoms with van der Waals surface area (Å²) >= 11 is 1.54. The van der Waals surface area contributed by atoms with Crippen LogP contribution >= 0.6 is 11.3 Å². The SMILES string of the molecule is O=C(NC1CC(C(=O)O)C1)c1cc2c(s1)-c1ccccc1CC2. The van der Waals surface area contributed by atoms with Gasteiger partial charge in [0.25, 0.3) is 5.91 Å². The molecule has 0 saturated heterocycles. The summed E-state index contributed by atoms with van der Waals surface area (Å²) in [5.74, 6) is -1.14. The Balaban J connectivity index is 1.51. The molecule has 4 rings (SSSR count). The highest BCUT2D eigenvalue weighted by molar-refractivity contribution is 7.17. The molecular weight excluding hydrogens is 310 g/mol. The Morgan fingerprint density at radius 1 is 1.13 bits per heavy atom. The molecular formula is C18H17NO3S. The number of carbonyl (C=O) groups excluding carboxylic acids is 1. The van der Waals surface area contributed by atoms with Crippen molar-refractivity contribution >= 4 is 23.2 Å². The van der Waals surface area contributed by atoms with Crippen molar-refractivity contribution < 1.29 is 14.7 Å². The van der Waals surface area contributed by atoms with Crippen molar-refractivity contribution in [3.05, 3.63) is 46.3 Å². The number of aryl methyl sites for hydroxylation is 2. The molecule has 23 heavy (non-hydrogen) atoms. The molecule has 118 valence electrons. The number of fused-ring (bicyclic) bond motifs is 3. The molecule has 0 atom stereocenters. The van der Waals surface area contributed by atoms with Crippen LogP contribution in [0.4, 0.5) is 0 Å². The summed E-state index contributed by atoms with van der Waals surface area (Å²) < 4.78 is 0. The highest BCUT2D eigenvalue weighted by Crippen LogP contribution is 2.39. The Morgan fingerprint density at radius 2 is 1.87 bits per heavy atom. The van der Waals surface area contributed by atoms with Crippen LogP contribution in [0.2, 0.25) is 0 Å². The van der Waals surface area contributed by atoms with Gasteiger partial charge in [-0.1, -0.05) is 24.3 Å². The van der Waals surface area contributed by atoms with Gasteiger partial charge in [0.2, 0.25) is 0 Å². The van der Waals surface area contributed by atoms with Gasteiger partial charge >= 0.3 is 5.97 Å². The molecule has 1 saturated carbocycles. The number of aliphatic carboxylic acids is 1. The van der Waals surface area contributed by atoms with Crippen LogP contribution < -0.4 is 5.32 Å². The van der Waals surface area contributed by atoms with Crippen molar-refractivity contribution in [3.63, 3.8) is 0 Å². The van der Waals surface area contributed by atoms with Crippen LogP contribution in [0.25, 0.3) is 10.4 Å². The monoisotopic (exact) mass is 327 g/mol. The van der Waals surface area contributed by atoms with Gasteiger partial charge in [-0.3, -0.25) is 9.59 Å². The van der Waals surface area contributed by atoms with E-state index in [0.717, 1.165) is 17.7 Å². The normalized spacial score (nSPS) is 21.7. The molecule has 0 bridgehead atoms. The van der Waals surface area contributed by atoms with Crippen LogP contribution in [0.3, 0.4) is 0 Å². The van der Waals surface area contributed by atoms with Gasteiger partial charge in [-0.25, -0.2) is 0 Å². The van der Waals surface area contributed by atoms with Gasteiger partial charge in [-0.05, 0) is 48.4 Å². The molecule has 2 N–H and O–H groups in total. The number of carboxylic acid groups (broad SMARTS) is 1. The van der Waals surface area contributed by atoms with Crippen molar-refractivity contribution in [2.75, 3.05) is 0 Å². The predicted octanol–water partition coefficient (Wildman–Crippen LogP) is 3.11. The molecule has 2 aromatic rings. The summed E-state index contributed by atoms with van der Waals surface area (Å²) in [5.41, 5.74) is 3.83. The average molecular weight is 327 g/mol. The van der Waals surface area contributed by atoms with Crippen LogP contribution in [-0.2, 0) is 17.6 Å². The Morgan fingerprint density at radius 3 is 2.65 bits per heavy atom. The fourth-order valence-corrected chi connectivity index (χ4v) is 4.55. The molecule has 1 amide bonds. The number of carboxylic acids is 1. The van der Waals surface area contributed by atoms with E-state index in [1.165, 1.54) is 21.6 Å². The van der Waals surface area contributed by atoms with E-state index in [1.54, 1.807) is 11.3 Å². The summed E-state index contributed by atoms with van der Waals surface area (Å²) in [6, 6.07) is 10.4. The van der Waals surface area contributed by atoms with Crippen molar-refractivity contribution in [2.45, 2.75) is 31.7 Å². The first-order valence-corrected chi connectivity index (χ1v) is 8.68. The fraction of sp³-hybridized carbons (Fsp3) is 0.333. The lowest BCUT2D eigenvalue weighted by Crippen LogP contribution is -2.46. The average Bonchev–Trinajstić information content (AvgIpc) is 2.94. The van der Waals surface area contributed by atoms with Gasteiger partial charge in [-0.15, -0.1) is 11.3 Å². The van der Waals surface area contributed by atoms with Gasteiger partial charge in [0.05, 0.1) is 10.8 Å². The minimum absolute atomic E-state index is 0.00462. The standard InChI is InChI=1S/C18H17NO3S/c20-17(19-13-7-12(8-13)18(21)22)15-9-11-6-5-10-3-1-2-4-14(10)16(11)23-15/h1-4,9,12-13H,5-8H2,(H,19,20)(H,21,22). The summed E-state index contributed by atoms with van der Waals surface area (Å²) in [5, 5.41) is 11.9. The van der Waals surface area contributed by atoms with E-state index in [9.17, 15) is 9.59 Å². The first-order valence-electron chi connectivity index (χ1n) is 7.86. The predicted molar refractivity (Wildman–Crippen MR) is 88.8 cm³/mol. The van der Waals surface area contributed by atoms with Crippen molar-refractivity contribution in [3.8, 4) is 10.4 Å². The third-order valence-electron chi connectivity index (χ3n) is 4.78. The van der Waals surface area contributed by atoms with Crippen molar-refractivity contribution in [1.29, 1.82) is 0 Å². The third-order valence-corrected chi connectivity index (χ3v) is 5.99. The molecule has 2 aliphatic rings. The van der Waals surface area contributed by atoms with Crippen LogP contribution in [0.1, 0.15) is 33.6 Å². The largest absolute Gasteiger partial charge is 0.481 e. The Labute approximate surface area is 138 Å². The smallest absolute Gasteiger partial charge is 0.306 e. The molecule has 4 nitrogen and oxygen atoms in total. The van der Waals surface area contributed by atoms with E-state index in [2.05, 4.69) is 23.5 Å². The number of thiophene rings is 1. The number of amides is 1. The maximum atomic E-state index is 12.4. The minimum atomic E-state index is -0.765. The third kappa shape index (κ3) is 2.55. The minimum Gasteiger partial charge on any atom is -0.481 e. The summed E-state index contributed by atoms with van der Waals surface area (Å²) in [7, 11) is 0. The zero-order chi connectivity index (χ0) is 16.0. The van der Waals surface area contributed by atoms with Gasteiger partial charge in [0, 0.05) is 10.9 Å². The number of hydrogen-bond donors (Lipinski definition) is 2. The number of carbonyl (C=O) groups is 2. The highest BCUT2D eigenvalue weighted by atomic mass is 32.1. The number of rotatable bonds is 3. The van der Waals surface area contributed by atoms with Gasteiger partial charge in [0.15, 0.2) is 0 Å². The van der Waals surface area contributed by atoms with Crippen molar-refractivity contribution in [2.24, 2.45) is 5.92 Å². The molecule has 0 radical (unpaired) electrons. The van der Waals surface area contributed by atoms with Crippen LogP contribution in [-0.4, -0.2) is 23.0 Å².